The number of ether oxygens (including phenoxy) is 1. The van der Waals surface area contributed by atoms with Crippen molar-refractivity contribution in [3.63, 3.8) is 0 Å². The fourth-order valence-corrected chi connectivity index (χ4v) is 1.94. The van der Waals surface area contributed by atoms with E-state index >= 15 is 0 Å². The van der Waals surface area contributed by atoms with Crippen molar-refractivity contribution < 1.29 is 9.53 Å². The van der Waals surface area contributed by atoms with Gasteiger partial charge in [-0.15, -0.1) is 10.2 Å². The quantitative estimate of drug-likeness (QED) is 0.791. The summed E-state index contributed by atoms with van der Waals surface area (Å²) in [4.78, 5) is 12.8. The summed E-state index contributed by atoms with van der Waals surface area (Å²) in [7, 11) is 0. The molecule has 0 fully saturated rings. The van der Waals surface area contributed by atoms with Crippen LogP contribution in [0.2, 0.25) is 0 Å². The van der Waals surface area contributed by atoms with Gasteiger partial charge in [-0.25, -0.2) is 4.79 Å². The number of tetrazole rings is 1. The molecular weight excluding hydrogens is 252 g/mol. The molecule has 0 saturated carbocycles. The van der Waals surface area contributed by atoms with Gasteiger partial charge >= 0.3 is 5.97 Å². The third-order valence-corrected chi connectivity index (χ3v) is 2.61. The lowest BCUT2D eigenvalue weighted by atomic mass is 10.2. The number of rotatable bonds is 3. The summed E-state index contributed by atoms with van der Waals surface area (Å²) in [6, 6.07) is 1.90. The van der Waals surface area contributed by atoms with Gasteiger partial charge in [0.25, 0.3) is 0 Å². The van der Waals surface area contributed by atoms with Gasteiger partial charge in [0.15, 0.2) is 6.54 Å². The Morgan fingerprint density at radius 2 is 2.28 bits per heavy atom. The van der Waals surface area contributed by atoms with Gasteiger partial charge in [-0.3, -0.25) is 0 Å². The minimum absolute atomic E-state index is 0.0333. The third-order valence-electron chi connectivity index (χ3n) is 1.92. The van der Waals surface area contributed by atoms with Crippen molar-refractivity contribution in [2.24, 2.45) is 0 Å². The van der Waals surface area contributed by atoms with Crippen LogP contribution in [0.4, 0.5) is 0 Å². The van der Waals surface area contributed by atoms with Crippen LogP contribution in [0.25, 0.3) is 11.4 Å². The van der Waals surface area contributed by atoms with Crippen molar-refractivity contribution in [1.82, 2.24) is 20.2 Å². The molecule has 0 unspecified atom stereocenters. The molecule has 6 nitrogen and oxygen atoms in total. The normalized spacial score (nSPS) is 11.5. The Bertz CT molecular complexity index is 527. The van der Waals surface area contributed by atoms with E-state index < -0.39 is 5.60 Å². The summed E-state index contributed by atoms with van der Waals surface area (Å²) in [5, 5.41) is 15.7. The number of thiophene rings is 1. The topological polar surface area (TPSA) is 69.9 Å². The van der Waals surface area contributed by atoms with Crippen LogP contribution in [0.1, 0.15) is 20.8 Å². The van der Waals surface area contributed by atoms with E-state index in [9.17, 15) is 4.79 Å². The highest BCUT2D eigenvalue weighted by Gasteiger charge is 2.17. The first-order chi connectivity index (χ1) is 8.44. The molecular formula is C11H14N4O2S. The SMILES string of the molecule is CC(C)(C)OC(=O)Cn1nnc(-c2ccsc2)n1. The average Bonchev–Trinajstić information content (AvgIpc) is 2.82. The lowest BCUT2D eigenvalue weighted by Crippen LogP contribution is -2.27. The maximum Gasteiger partial charge on any atom is 0.330 e. The summed E-state index contributed by atoms with van der Waals surface area (Å²) >= 11 is 1.56. The standard InChI is InChI=1S/C11H14N4O2S/c1-11(2,3)17-9(16)6-15-13-10(12-14-15)8-4-5-18-7-8/h4-5,7H,6H2,1-3H3. The van der Waals surface area contributed by atoms with Crippen molar-refractivity contribution in [3.05, 3.63) is 16.8 Å². The molecule has 2 aromatic heterocycles. The second-order valence-corrected chi connectivity index (χ2v) is 5.52. The summed E-state index contributed by atoms with van der Waals surface area (Å²) in [5.41, 5.74) is 0.392. The number of hydrogen-bond donors (Lipinski definition) is 0. The van der Waals surface area contributed by atoms with Crippen LogP contribution in [0.3, 0.4) is 0 Å². The van der Waals surface area contributed by atoms with Gasteiger partial charge in [0.2, 0.25) is 5.82 Å². The van der Waals surface area contributed by atoms with Gasteiger partial charge in [0.1, 0.15) is 5.60 Å². The molecule has 0 aliphatic carbocycles. The zero-order chi connectivity index (χ0) is 13.2. The van der Waals surface area contributed by atoms with E-state index in [0.29, 0.717) is 5.82 Å². The van der Waals surface area contributed by atoms with E-state index in [4.69, 9.17) is 4.74 Å². The van der Waals surface area contributed by atoms with E-state index in [1.54, 1.807) is 11.3 Å². The van der Waals surface area contributed by atoms with Crippen LogP contribution in [-0.2, 0) is 16.1 Å². The van der Waals surface area contributed by atoms with E-state index in [1.807, 2.05) is 37.6 Å². The first kappa shape index (κ1) is 12.7. The van der Waals surface area contributed by atoms with E-state index in [1.165, 1.54) is 4.80 Å². The first-order valence-corrected chi connectivity index (χ1v) is 6.40. The van der Waals surface area contributed by atoms with Gasteiger partial charge in [0, 0.05) is 10.9 Å². The highest BCUT2D eigenvalue weighted by atomic mass is 32.1. The van der Waals surface area contributed by atoms with Crippen LogP contribution < -0.4 is 0 Å². The number of nitrogens with zero attached hydrogens (tertiary/aromatic N) is 4. The Morgan fingerprint density at radius 1 is 1.50 bits per heavy atom. The largest absolute Gasteiger partial charge is 0.459 e. The van der Waals surface area contributed by atoms with E-state index in [0.717, 1.165) is 5.56 Å². The molecule has 96 valence electrons. The molecule has 0 amide bonds. The Hall–Kier alpha value is -1.76. The Balaban J connectivity index is 2.01. The Morgan fingerprint density at radius 3 is 2.89 bits per heavy atom. The second kappa shape index (κ2) is 4.85. The Kier molecular flexibility index (Phi) is 3.42. The molecule has 0 aliphatic heterocycles. The van der Waals surface area contributed by atoms with Gasteiger partial charge in [-0.2, -0.15) is 16.1 Å². The zero-order valence-corrected chi connectivity index (χ0v) is 11.3. The first-order valence-electron chi connectivity index (χ1n) is 5.46. The van der Waals surface area contributed by atoms with Gasteiger partial charge in [-0.05, 0) is 37.4 Å². The molecule has 0 atom stereocenters. The predicted octanol–water partition coefficient (Wildman–Crippen LogP) is 1.74. The minimum atomic E-state index is -0.506. The predicted molar refractivity (Wildman–Crippen MR) is 67.0 cm³/mol. The average molecular weight is 266 g/mol. The molecule has 0 bridgehead atoms. The molecule has 0 aliphatic rings. The number of esters is 1. The van der Waals surface area contributed by atoms with Gasteiger partial charge < -0.3 is 4.74 Å². The smallest absolute Gasteiger partial charge is 0.330 e. The molecule has 0 aromatic carbocycles. The van der Waals surface area contributed by atoms with Crippen molar-refractivity contribution in [2.45, 2.75) is 32.9 Å². The summed E-state index contributed by atoms with van der Waals surface area (Å²) in [6.07, 6.45) is 0. The molecule has 7 heteroatoms. The summed E-state index contributed by atoms with van der Waals surface area (Å²) in [5.74, 6) is 0.136. The zero-order valence-electron chi connectivity index (χ0n) is 10.5. The molecule has 0 spiro atoms. The fourth-order valence-electron chi connectivity index (χ4n) is 1.31. The lowest BCUT2D eigenvalue weighted by Gasteiger charge is -2.18. The van der Waals surface area contributed by atoms with Crippen molar-refractivity contribution >= 4 is 17.3 Å². The molecule has 0 saturated heterocycles. The minimum Gasteiger partial charge on any atom is -0.459 e. The number of carbonyl (C=O) groups excluding carboxylic acids is 1. The number of hydrogen-bond acceptors (Lipinski definition) is 6. The fraction of sp³-hybridized carbons (Fsp3) is 0.455. The van der Waals surface area contributed by atoms with Crippen molar-refractivity contribution in [1.29, 1.82) is 0 Å². The summed E-state index contributed by atoms with van der Waals surface area (Å²) in [6.45, 7) is 5.41. The molecule has 0 N–H and O–H groups in total. The third kappa shape index (κ3) is 3.36. The molecule has 2 heterocycles. The van der Waals surface area contributed by atoms with Crippen LogP contribution in [0.5, 0.6) is 0 Å². The monoisotopic (exact) mass is 266 g/mol. The molecule has 2 rings (SSSR count). The number of aromatic nitrogens is 4. The van der Waals surface area contributed by atoms with E-state index in [-0.39, 0.29) is 12.5 Å². The van der Waals surface area contributed by atoms with Gasteiger partial charge in [-0.1, -0.05) is 0 Å². The Labute approximate surface area is 109 Å². The maximum absolute atomic E-state index is 11.6. The second-order valence-electron chi connectivity index (χ2n) is 4.74. The molecule has 2 aromatic rings. The van der Waals surface area contributed by atoms with Crippen LogP contribution in [0.15, 0.2) is 16.8 Å². The van der Waals surface area contributed by atoms with Crippen LogP contribution in [-0.4, -0.2) is 31.8 Å². The van der Waals surface area contributed by atoms with Crippen molar-refractivity contribution in [3.8, 4) is 11.4 Å². The lowest BCUT2D eigenvalue weighted by molar-refractivity contribution is -0.156. The van der Waals surface area contributed by atoms with Crippen LogP contribution >= 0.6 is 11.3 Å². The highest BCUT2D eigenvalue weighted by Crippen LogP contribution is 2.16. The van der Waals surface area contributed by atoms with Crippen molar-refractivity contribution in [2.75, 3.05) is 0 Å². The number of carbonyl (C=O) groups is 1. The maximum atomic E-state index is 11.6. The molecule has 0 radical (unpaired) electrons. The van der Waals surface area contributed by atoms with Gasteiger partial charge in [0.05, 0.1) is 0 Å². The van der Waals surface area contributed by atoms with E-state index in [2.05, 4.69) is 15.4 Å². The highest BCUT2D eigenvalue weighted by molar-refractivity contribution is 7.08. The van der Waals surface area contributed by atoms with Crippen LogP contribution in [0, 0.1) is 0 Å². The molecule has 18 heavy (non-hydrogen) atoms. The summed E-state index contributed by atoms with van der Waals surface area (Å²) < 4.78 is 5.18.